The lowest BCUT2D eigenvalue weighted by Gasteiger charge is -2.24. The summed E-state index contributed by atoms with van der Waals surface area (Å²) in [6.45, 7) is 9.14. The van der Waals surface area contributed by atoms with Crippen molar-refractivity contribution in [2.75, 3.05) is 0 Å². The van der Waals surface area contributed by atoms with Crippen molar-refractivity contribution in [1.29, 1.82) is 0 Å². The molecule has 0 aliphatic carbocycles. The molecule has 5 aromatic carbocycles. The fourth-order valence-corrected chi connectivity index (χ4v) is 6.63. The molecule has 0 spiro atoms. The maximum Gasteiger partial charge on any atom is 0.179 e. The van der Waals surface area contributed by atoms with E-state index >= 15 is 0 Å². The van der Waals surface area contributed by atoms with Crippen molar-refractivity contribution in [1.82, 2.24) is 14.5 Å². The van der Waals surface area contributed by atoms with E-state index in [2.05, 4.69) is 129 Å². The van der Waals surface area contributed by atoms with Crippen molar-refractivity contribution in [3.05, 3.63) is 127 Å². The molecule has 8 rings (SSSR count). The van der Waals surface area contributed by atoms with Crippen LogP contribution in [0.2, 0.25) is 0 Å². The molecule has 0 bridgehead atoms. The molecule has 0 fully saturated rings. The predicted octanol–water partition coefficient (Wildman–Crippen LogP) is 11.1. The Hall–Kier alpha value is -5.22. The molecule has 4 heteroatoms. The fraction of sp³-hybridized carbons (Fsp3) is 0.150. The Kier molecular flexibility index (Phi) is 6.12. The van der Waals surface area contributed by atoms with Crippen LogP contribution in [-0.4, -0.2) is 14.5 Å². The average molecular weight is 572 g/mol. The van der Waals surface area contributed by atoms with Crippen molar-refractivity contribution < 1.29 is 4.42 Å². The number of pyridine rings is 1. The summed E-state index contributed by atoms with van der Waals surface area (Å²) in [6.07, 6.45) is 1.94. The summed E-state index contributed by atoms with van der Waals surface area (Å²) in [5.74, 6) is 1.37. The minimum atomic E-state index is 0.265. The topological polar surface area (TPSA) is 43.9 Å². The van der Waals surface area contributed by atoms with Gasteiger partial charge in [0.15, 0.2) is 11.5 Å². The van der Waals surface area contributed by atoms with Crippen LogP contribution < -0.4 is 0 Å². The van der Waals surface area contributed by atoms with Gasteiger partial charge in [0.25, 0.3) is 0 Å². The Morgan fingerprint density at radius 1 is 0.636 bits per heavy atom. The van der Waals surface area contributed by atoms with E-state index in [9.17, 15) is 0 Å². The van der Waals surface area contributed by atoms with Gasteiger partial charge in [-0.25, -0.2) is 9.97 Å². The lowest BCUT2D eigenvalue weighted by atomic mass is 9.88. The molecular weight excluding hydrogens is 538 g/mol. The van der Waals surface area contributed by atoms with Crippen LogP contribution in [0.15, 0.2) is 120 Å². The number of imidazole rings is 1. The SMILES string of the molecule is CC(C)c1cc(-c2ccccc2)cc(C(C)C)c1-n1c(-c2cccc3c2oc2ccccc23)nc2ncc3ccccc3c21. The minimum Gasteiger partial charge on any atom is -0.455 e. The molecule has 0 radical (unpaired) electrons. The molecular formula is C40H33N3O. The third-order valence-corrected chi connectivity index (χ3v) is 8.79. The first-order chi connectivity index (χ1) is 21.5. The molecule has 0 aliphatic rings. The molecule has 3 heterocycles. The van der Waals surface area contributed by atoms with E-state index in [1.54, 1.807) is 0 Å². The maximum atomic E-state index is 6.57. The van der Waals surface area contributed by atoms with Crippen molar-refractivity contribution in [2.24, 2.45) is 0 Å². The van der Waals surface area contributed by atoms with Gasteiger partial charge < -0.3 is 4.42 Å². The molecule has 0 aliphatic heterocycles. The van der Waals surface area contributed by atoms with E-state index in [1.165, 1.54) is 27.9 Å². The zero-order chi connectivity index (χ0) is 29.9. The normalized spacial score (nSPS) is 12.0. The lowest BCUT2D eigenvalue weighted by Crippen LogP contribution is -2.09. The number of rotatable bonds is 5. The van der Waals surface area contributed by atoms with E-state index in [0.717, 1.165) is 55.3 Å². The highest BCUT2D eigenvalue weighted by atomic mass is 16.3. The Balaban J connectivity index is 1.55. The van der Waals surface area contributed by atoms with Crippen molar-refractivity contribution in [2.45, 2.75) is 39.5 Å². The Labute approximate surface area is 256 Å². The van der Waals surface area contributed by atoms with Crippen LogP contribution in [0.1, 0.15) is 50.7 Å². The van der Waals surface area contributed by atoms with Crippen molar-refractivity contribution >= 4 is 43.9 Å². The average Bonchev–Trinajstić information content (AvgIpc) is 3.63. The fourth-order valence-electron chi connectivity index (χ4n) is 6.63. The van der Waals surface area contributed by atoms with Crippen molar-refractivity contribution in [3.8, 4) is 28.2 Å². The van der Waals surface area contributed by atoms with Gasteiger partial charge >= 0.3 is 0 Å². The number of aromatic nitrogens is 3. The van der Waals surface area contributed by atoms with Gasteiger partial charge in [-0.05, 0) is 58.4 Å². The standard InChI is InChI=1S/C40H33N3O/c1-24(2)33-21-28(26-13-6-5-7-14-26)22-34(25(3)4)36(33)43-37-29-16-9-8-15-27(29)23-41-39(37)42-40(43)32-19-12-18-31-30-17-10-11-20-35(30)44-38(31)32/h5-25H,1-4H3. The smallest absolute Gasteiger partial charge is 0.179 e. The highest BCUT2D eigenvalue weighted by Gasteiger charge is 2.26. The molecule has 4 nitrogen and oxygen atoms in total. The molecule has 0 N–H and O–H groups in total. The van der Waals surface area contributed by atoms with Crippen molar-refractivity contribution in [3.63, 3.8) is 0 Å². The van der Waals surface area contributed by atoms with Crippen LogP contribution in [0.25, 0.3) is 72.1 Å². The van der Waals surface area contributed by atoms with E-state index in [0.29, 0.717) is 0 Å². The van der Waals surface area contributed by atoms with Crippen LogP contribution in [0.5, 0.6) is 0 Å². The van der Waals surface area contributed by atoms with Crippen LogP contribution in [-0.2, 0) is 0 Å². The van der Waals surface area contributed by atoms with E-state index < -0.39 is 0 Å². The largest absolute Gasteiger partial charge is 0.455 e. The Morgan fingerprint density at radius 2 is 1.30 bits per heavy atom. The summed E-state index contributed by atoms with van der Waals surface area (Å²) in [5, 5.41) is 4.41. The predicted molar refractivity (Wildman–Crippen MR) is 183 cm³/mol. The van der Waals surface area contributed by atoms with Crippen LogP contribution in [0.4, 0.5) is 0 Å². The molecule has 44 heavy (non-hydrogen) atoms. The van der Waals surface area contributed by atoms with Crippen LogP contribution >= 0.6 is 0 Å². The molecule has 0 unspecified atom stereocenters. The number of fused-ring (bicyclic) bond motifs is 6. The summed E-state index contributed by atoms with van der Waals surface area (Å²) >= 11 is 0. The molecule has 0 amide bonds. The summed E-state index contributed by atoms with van der Waals surface area (Å²) in [5.41, 5.74) is 10.6. The minimum absolute atomic E-state index is 0.265. The van der Waals surface area contributed by atoms with E-state index in [4.69, 9.17) is 14.4 Å². The Bertz CT molecular complexity index is 2310. The number of para-hydroxylation sites is 2. The lowest BCUT2D eigenvalue weighted by molar-refractivity contribution is 0.669. The zero-order valence-electron chi connectivity index (χ0n) is 25.4. The summed E-state index contributed by atoms with van der Waals surface area (Å²) in [7, 11) is 0. The van der Waals surface area contributed by atoms with Gasteiger partial charge in [-0.15, -0.1) is 0 Å². The zero-order valence-corrected chi connectivity index (χ0v) is 25.4. The highest BCUT2D eigenvalue weighted by Crippen LogP contribution is 2.43. The monoisotopic (exact) mass is 571 g/mol. The second-order valence-electron chi connectivity index (χ2n) is 12.2. The van der Waals surface area contributed by atoms with Crippen LogP contribution in [0, 0.1) is 0 Å². The molecule has 3 aromatic heterocycles. The molecule has 0 saturated carbocycles. The first-order valence-corrected chi connectivity index (χ1v) is 15.4. The number of furan rings is 1. The summed E-state index contributed by atoms with van der Waals surface area (Å²) < 4.78 is 8.95. The van der Waals surface area contributed by atoms with Gasteiger partial charge in [0.05, 0.1) is 11.3 Å². The number of nitrogens with zero attached hydrogens (tertiary/aromatic N) is 3. The number of hydrogen-bond donors (Lipinski definition) is 0. The second kappa shape index (κ2) is 10.2. The van der Waals surface area contributed by atoms with Gasteiger partial charge in [-0.2, -0.15) is 0 Å². The third-order valence-electron chi connectivity index (χ3n) is 8.79. The number of hydrogen-bond acceptors (Lipinski definition) is 3. The molecule has 0 atom stereocenters. The maximum absolute atomic E-state index is 6.57. The molecule has 8 aromatic rings. The first-order valence-electron chi connectivity index (χ1n) is 15.4. The Morgan fingerprint density at radius 3 is 2.05 bits per heavy atom. The quantitative estimate of drug-likeness (QED) is 0.206. The number of benzene rings is 5. The molecule has 0 saturated heterocycles. The molecule has 214 valence electrons. The van der Waals surface area contributed by atoms with Gasteiger partial charge in [0, 0.05) is 27.7 Å². The second-order valence-corrected chi connectivity index (χ2v) is 12.2. The third kappa shape index (κ3) is 4.05. The summed E-state index contributed by atoms with van der Waals surface area (Å²) in [4.78, 5) is 10.2. The van der Waals surface area contributed by atoms with Gasteiger partial charge in [-0.3, -0.25) is 4.57 Å². The van der Waals surface area contributed by atoms with E-state index in [-0.39, 0.29) is 11.8 Å². The van der Waals surface area contributed by atoms with Gasteiger partial charge in [0.1, 0.15) is 16.7 Å². The first kappa shape index (κ1) is 26.4. The van der Waals surface area contributed by atoms with Crippen LogP contribution in [0.3, 0.4) is 0 Å². The highest BCUT2D eigenvalue weighted by molar-refractivity contribution is 6.10. The van der Waals surface area contributed by atoms with E-state index in [1.807, 2.05) is 18.3 Å². The van der Waals surface area contributed by atoms with Gasteiger partial charge in [0.2, 0.25) is 0 Å². The summed E-state index contributed by atoms with van der Waals surface area (Å²) in [6, 6.07) is 38.5. The van der Waals surface area contributed by atoms with Gasteiger partial charge in [-0.1, -0.05) is 113 Å².